The molecule has 0 amide bonds. The molecule has 59 heavy (non-hydrogen) atoms. The molecule has 0 unspecified atom stereocenters. The molecule has 0 radical (unpaired) electrons. The molecule has 0 N–H and O–H groups in total. The second kappa shape index (κ2) is 11.4. The molecule has 14 rings (SSSR count). The molecule has 5 heterocycles. The molecular weight excluding hydrogens is 719 g/mol. The number of para-hydroxylation sites is 6. The number of aromatic nitrogens is 2. The van der Waals surface area contributed by atoms with Crippen molar-refractivity contribution < 1.29 is 49.1 Å². The number of ether oxygens (including phenoxy) is 1. The Balaban J connectivity index is 1.13. The minimum atomic E-state index is -1.85. The minimum absolute atomic E-state index is 0.160. The lowest BCUT2D eigenvalue weighted by molar-refractivity contribution is 0.480. The van der Waals surface area contributed by atoms with E-state index in [1.54, 1.807) is 0 Å². The Kier molecular flexibility index (Phi) is 2.88. The van der Waals surface area contributed by atoms with Gasteiger partial charge >= 0.3 is 6.92 Å². The van der Waals surface area contributed by atoms with Gasteiger partial charge in [-0.25, -0.2) is 0 Å². The van der Waals surface area contributed by atoms with Crippen molar-refractivity contribution in [2.75, 3.05) is 0 Å². The topological polar surface area (TPSA) is 27.8 Å². The van der Waals surface area contributed by atoms with Crippen molar-refractivity contribution in [3.63, 3.8) is 0 Å². The van der Waals surface area contributed by atoms with Crippen LogP contribution in [0.25, 0.3) is 99.0 Å². The van der Waals surface area contributed by atoms with E-state index in [0.717, 1.165) is 21.1 Å². The maximum Gasteiger partial charge on any atom is 0.434 e. The van der Waals surface area contributed by atoms with E-state index in [-0.39, 0.29) is 49.0 Å². The molecule has 0 atom stereocenters. The molecule has 3 aromatic heterocycles. The van der Waals surface area contributed by atoms with Crippen LogP contribution in [0.1, 0.15) is 39.8 Å². The Labute approximate surface area is 379 Å². The molecule has 2 aliphatic rings. The van der Waals surface area contributed by atoms with Crippen molar-refractivity contribution in [3.05, 3.63) is 187 Å². The van der Waals surface area contributed by atoms with Crippen molar-refractivity contribution in [2.45, 2.75) is 0 Å². The van der Waals surface area contributed by atoms with Gasteiger partial charge in [-0.05, 0) is 88.7 Å². The average molecular weight is 780 g/mol. The van der Waals surface area contributed by atoms with Gasteiger partial charge < -0.3 is 18.4 Å². The first-order chi connectivity index (χ1) is 41.3. The first kappa shape index (κ1) is 14.9. The van der Waals surface area contributed by atoms with Crippen LogP contribution < -0.4 is 20.3 Å². The molecule has 0 fully saturated rings. The van der Waals surface area contributed by atoms with Gasteiger partial charge in [-0.2, -0.15) is 0 Å². The molecule has 9 aromatic carbocycles. The Morgan fingerprint density at radius 3 is 1.85 bits per heavy atom. The monoisotopic (exact) mass is 779 g/mol. The number of nitrogens with zero attached hydrogens (tertiary/aromatic N) is 2. The van der Waals surface area contributed by atoms with Crippen LogP contribution in [-0.4, -0.2) is 15.9 Å². The van der Waals surface area contributed by atoms with E-state index in [4.69, 9.17) is 34.1 Å². The first-order valence-electron chi connectivity index (χ1n) is 32.4. The molecule has 12 aromatic rings. The smallest absolute Gasteiger partial charge is 0.434 e. The maximum atomic E-state index is 10.2. The number of benzene rings is 9. The van der Waals surface area contributed by atoms with Crippen LogP contribution in [0.3, 0.4) is 0 Å². The molecule has 0 saturated carbocycles. The number of hydrogen-bond donors (Lipinski definition) is 0. The van der Waals surface area contributed by atoms with Gasteiger partial charge in [0.15, 0.2) is 0 Å². The van der Waals surface area contributed by atoms with Crippen LogP contribution in [-0.2, 0) is 0 Å². The van der Waals surface area contributed by atoms with Crippen molar-refractivity contribution in [1.29, 1.82) is 0 Å². The number of fused-ring (bicyclic) bond motifs is 13. The van der Waals surface area contributed by atoms with E-state index in [9.17, 15) is 15.1 Å². The Morgan fingerprint density at radius 2 is 1.07 bits per heavy atom. The van der Waals surface area contributed by atoms with Crippen LogP contribution in [0, 0.1) is 0 Å². The normalized spacial score (nSPS) is 19.9. The second-order valence-corrected chi connectivity index (χ2v) is 13.7. The summed E-state index contributed by atoms with van der Waals surface area (Å²) < 4.78 is 281. The van der Waals surface area contributed by atoms with Crippen molar-refractivity contribution >= 4 is 77.7 Å². The summed E-state index contributed by atoms with van der Waals surface area (Å²) in [5, 5.41) is -1.99. The van der Waals surface area contributed by atoms with Crippen molar-refractivity contribution in [2.24, 2.45) is 0 Å². The summed E-state index contributed by atoms with van der Waals surface area (Å²) in [7, 11) is 0. The lowest BCUT2D eigenvalue weighted by Gasteiger charge is -2.33. The average Bonchev–Trinajstić information content (AvgIpc) is 1.40. The fourth-order valence-corrected chi connectivity index (χ4v) is 8.32. The predicted molar refractivity (Wildman–Crippen MR) is 244 cm³/mol. The summed E-state index contributed by atoms with van der Waals surface area (Å²) in [6.07, 6.45) is 0. The number of rotatable bonds is 3. The summed E-state index contributed by atoms with van der Waals surface area (Å²) in [5.74, 6) is -1.81. The highest BCUT2D eigenvalue weighted by atomic mass is 16.5. The van der Waals surface area contributed by atoms with Gasteiger partial charge in [0, 0.05) is 54.4 Å². The zero-order valence-electron chi connectivity index (χ0n) is 58.4. The van der Waals surface area contributed by atoms with Crippen LogP contribution in [0.2, 0.25) is 0 Å². The highest BCUT2D eigenvalue weighted by molar-refractivity contribution is 6.84. The summed E-state index contributed by atoms with van der Waals surface area (Å²) in [6, 6.07) is -20.8. The Hall–Kier alpha value is -7.76. The van der Waals surface area contributed by atoms with Gasteiger partial charge in [-0.1, -0.05) is 121 Å². The SMILES string of the molecule is [2H]c1cc([2H])c2c(c1[2H])c1c([2H])c([2H])c([2H])c([2H])c1n2-c1c([2H])c([2H])c([2H])c([2H])c1-c1c([2H])c2c3c(c1[2H])-c1c([2H])c([2H])c([2H])c([2H])c1OB3c1c(cc(-c3c([2H])c4c5c([2H])c([2H])c([2H])c([2H])c5n5c6c([2H])c([2H])c([2H])c([2H])c6c(c3[2H])c45)c([2H])c1[2H])O2. The van der Waals surface area contributed by atoms with Crippen LogP contribution >= 0.6 is 0 Å². The molecule has 2 aliphatic heterocycles. The van der Waals surface area contributed by atoms with Crippen LogP contribution in [0.4, 0.5) is 0 Å². The highest BCUT2D eigenvalue weighted by Crippen LogP contribution is 2.45. The largest absolute Gasteiger partial charge is 0.551 e. The van der Waals surface area contributed by atoms with E-state index in [0.29, 0.717) is 0 Å². The molecule has 0 saturated heterocycles. The molecule has 272 valence electrons. The zero-order valence-corrected chi connectivity index (χ0v) is 29.4. The summed E-state index contributed by atoms with van der Waals surface area (Å²) in [5.41, 5.74) is -6.90. The van der Waals surface area contributed by atoms with Gasteiger partial charge in [0.05, 0.1) is 73.0 Å². The quantitative estimate of drug-likeness (QED) is 0.167. The third-order valence-electron chi connectivity index (χ3n) is 10.7. The summed E-state index contributed by atoms with van der Waals surface area (Å²) in [6.45, 7) is -1.85. The van der Waals surface area contributed by atoms with E-state index in [2.05, 4.69) is 0 Å². The molecule has 0 bridgehead atoms. The lowest BCUT2D eigenvalue weighted by Crippen LogP contribution is -2.53. The molecule has 0 aliphatic carbocycles. The minimum Gasteiger partial charge on any atom is -0.551 e. The number of hydrogen-bond acceptors (Lipinski definition) is 2. The van der Waals surface area contributed by atoms with Crippen molar-refractivity contribution in [3.8, 4) is 56.3 Å². The zero-order chi connectivity index (χ0) is 63.6. The third-order valence-corrected chi connectivity index (χ3v) is 10.7. The Bertz CT molecular complexity index is 5350. The van der Waals surface area contributed by atoms with Gasteiger partial charge in [0.25, 0.3) is 0 Å². The van der Waals surface area contributed by atoms with E-state index in [1.165, 1.54) is 0 Å². The highest BCUT2D eigenvalue weighted by Gasteiger charge is 2.41. The second-order valence-electron chi connectivity index (χ2n) is 13.7. The maximum absolute atomic E-state index is 10.2. The fraction of sp³-hybridized carbons (Fsp3) is 0. The lowest BCUT2D eigenvalue weighted by atomic mass is 9.50. The van der Waals surface area contributed by atoms with Gasteiger partial charge in [-0.3, -0.25) is 0 Å². The van der Waals surface area contributed by atoms with E-state index >= 15 is 0 Å². The fourth-order valence-electron chi connectivity index (χ4n) is 8.32. The molecule has 0 spiro atoms. The molecule has 5 heteroatoms. The predicted octanol–water partition coefficient (Wildman–Crippen LogP) is 12.5. The summed E-state index contributed by atoms with van der Waals surface area (Å²) in [4.78, 5) is 0. The van der Waals surface area contributed by atoms with Gasteiger partial charge in [0.2, 0.25) is 0 Å². The Morgan fingerprint density at radius 1 is 0.441 bits per heavy atom. The van der Waals surface area contributed by atoms with Crippen LogP contribution in [0.5, 0.6) is 17.2 Å². The van der Waals surface area contributed by atoms with E-state index in [1.807, 2.05) is 0 Å². The molecule has 4 nitrogen and oxygen atoms in total. The van der Waals surface area contributed by atoms with Gasteiger partial charge in [0.1, 0.15) is 17.2 Å². The van der Waals surface area contributed by atoms with Crippen LogP contribution in [0.15, 0.2) is 187 Å². The van der Waals surface area contributed by atoms with Gasteiger partial charge in [-0.15, -0.1) is 0 Å². The standard InChI is InChI=1S/C54H31BN2O2/c1-7-19-45(56-46-20-8-2-14-36(46)37-15-3-9-21-47(37)56)35(13-1)34-29-41-40-18-6-12-24-50(40)59-55-44-26-25-32(30-51(44)58-52(31-34)53(41)55)33-27-42-38-16-4-10-22-48(38)57-49-23-11-5-17-39(49)43(28-33)54(42)57/h1-31H/i1D,2D,3D,4D,5D,6D,7D,8D,10D,11D,12D,13D,14D,15D,16D,17D,18D,19D,20D,21D,22D,23D,24D,25D,26D,27D,28D,29D,31D. The van der Waals surface area contributed by atoms with E-state index < -0.39 is 260 Å². The summed E-state index contributed by atoms with van der Waals surface area (Å²) >= 11 is 0. The van der Waals surface area contributed by atoms with Crippen molar-refractivity contribution in [1.82, 2.24) is 8.97 Å². The first-order valence-corrected chi connectivity index (χ1v) is 17.9. The third kappa shape index (κ3) is 4.18. The molecular formula is C54H31BN2O2.